The minimum Gasteiger partial charge on any atom is -0.483 e. The van der Waals surface area contributed by atoms with Gasteiger partial charge in [0.15, 0.2) is 17.1 Å². The van der Waals surface area contributed by atoms with Gasteiger partial charge >= 0.3 is 0 Å². The Labute approximate surface area is 203 Å². The van der Waals surface area contributed by atoms with Crippen LogP contribution in [0.25, 0.3) is 10.6 Å². The van der Waals surface area contributed by atoms with E-state index >= 15 is 0 Å². The minimum absolute atomic E-state index is 0.235. The third kappa shape index (κ3) is 5.54. The predicted octanol–water partition coefficient (Wildman–Crippen LogP) is 6.95. The van der Waals surface area contributed by atoms with Gasteiger partial charge in [-0.1, -0.05) is 47.7 Å². The monoisotopic (exact) mass is 476 g/mol. The first-order valence-electron chi connectivity index (χ1n) is 10.9. The molecule has 33 heavy (non-hydrogen) atoms. The molecule has 4 aromatic rings. The fourth-order valence-electron chi connectivity index (χ4n) is 3.47. The second kappa shape index (κ2) is 10.4. The number of rotatable bonds is 9. The van der Waals surface area contributed by atoms with Crippen molar-refractivity contribution in [2.24, 2.45) is 0 Å². The Morgan fingerprint density at radius 3 is 2.73 bits per heavy atom. The number of aryl methyl sites for hydroxylation is 3. The zero-order valence-electron chi connectivity index (χ0n) is 19.4. The molecule has 0 aliphatic carbocycles. The first-order chi connectivity index (χ1) is 15.9. The molecule has 0 amide bonds. The third-order valence-corrected chi connectivity index (χ3v) is 7.32. The van der Waals surface area contributed by atoms with Gasteiger partial charge in [-0.2, -0.15) is 0 Å². The van der Waals surface area contributed by atoms with E-state index in [1.165, 1.54) is 16.7 Å². The summed E-state index contributed by atoms with van der Waals surface area (Å²) < 4.78 is 8.25. The number of hydrogen-bond acceptors (Lipinski definition) is 6. The minimum atomic E-state index is -0.235. The van der Waals surface area contributed by atoms with Crippen LogP contribution in [-0.2, 0) is 12.3 Å². The van der Waals surface area contributed by atoms with Crippen molar-refractivity contribution in [3.63, 3.8) is 0 Å². The summed E-state index contributed by atoms with van der Waals surface area (Å²) in [7, 11) is 0. The largest absolute Gasteiger partial charge is 0.483 e. The molecule has 1 unspecified atom stereocenters. The smallest absolute Gasteiger partial charge is 0.192 e. The first-order valence-corrected chi connectivity index (χ1v) is 12.7. The van der Waals surface area contributed by atoms with Crippen LogP contribution in [0.5, 0.6) is 5.75 Å². The summed E-state index contributed by atoms with van der Waals surface area (Å²) in [5.74, 6) is 2.35. The summed E-state index contributed by atoms with van der Waals surface area (Å²) >= 11 is 3.30. The van der Waals surface area contributed by atoms with Gasteiger partial charge in [0, 0.05) is 23.2 Å². The van der Waals surface area contributed by atoms with Crippen molar-refractivity contribution in [1.29, 1.82) is 0 Å². The number of hydrogen-bond donors (Lipinski definition) is 0. The van der Waals surface area contributed by atoms with Crippen molar-refractivity contribution in [3.05, 3.63) is 88.7 Å². The molecule has 1 atom stereocenters. The lowest BCUT2D eigenvalue weighted by molar-refractivity contribution is 0.210. The van der Waals surface area contributed by atoms with Crippen molar-refractivity contribution < 1.29 is 4.74 Å². The molecule has 0 N–H and O–H groups in total. The molecule has 4 rings (SSSR count). The molecule has 0 radical (unpaired) electrons. The highest BCUT2D eigenvalue weighted by Gasteiger charge is 2.19. The van der Waals surface area contributed by atoms with Gasteiger partial charge in [0.05, 0.1) is 5.69 Å². The molecule has 2 aromatic carbocycles. The summed E-state index contributed by atoms with van der Waals surface area (Å²) in [4.78, 5) is 4.82. The number of allylic oxidation sites excluding steroid dienone is 1. The number of thiazole rings is 1. The standard InChI is InChI=1S/C26H28N4OS2/c1-6-12-30-24(20(5)31-23-11-10-18(3)19(4)14-23)28-29-26(30)33-16-22-15-32-25(27-22)21-9-7-8-17(2)13-21/h6-11,13-15,20H,1,12,16H2,2-5H3. The van der Waals surface area contributed by atoms with Gasteiger partial charge in [0.1, 0.15) is 10.8 Å². The maximum absolute atomic E-state index is 6.18. The molecule has 5 nitrogen and oxygen atoms in total. The molecular formula is C26H28N4OS2. The summed E-state index contributed by atoms with van der Waals surface area (Å²) in [6.45, 7) is 12.8. The Morgan fingerprint density at radius 1 is 1.12 bits per heavy atom. The lowest BCUT2D eigenvalue weighted by Gasteiger charge is -2.16. The maximum atomic E-state index is 6.18. The molecule has 0 bridgehead atoms. The van der Waals surface area contributed by atoms with Crippen LogP contribution in [0.15, 0.2) is 65.7 Å². The summed E-state index contributed by atoms with van der Waals surface area (Å²) in [6.07, 6.45) is 1.62. The number of ether oxygens (including phenoxy) is 1. The highest BCUT2D eigenvalue weighted by Crippen LogP contribution is 2.30. The topological polar surface area (TPSA) is 52.8 Å². The summed E-state index contributed by atoms with van der Waals surface area (Å²) in [5.41, 5.74) is 5.88. The van der Waals surface area contributed by atoms with E-state index in [0.29, 0.717) is 6.54 Å². The molecule has 0 aliphatic rings. The molecule has 0 fully saturated rings. The highest BCUT2D eigenvalue weighted by atomic mass is 32.2. The van der Waals surface area contributed by atoms with E-state index < -0.39 is 0 Å². The number of thioether (sulfide) groups is 1. The van der Waals surface area contributed by atoms with Gasteiger partial charge in [-0.15, -0.1) is 28.1 Å². The van der Waals surface area contributed by atoms with Gasteiger partial charge in [0.2, 0.25) is 0 Å². The van der Waals surface area contributed by atoms with Crippen molar-refractivity contribution in [1.82, 2.24) is 19.7 Å². The van der Waals surface area contributed by atoms with Gasteiger partial charge in [0.25, 0.3) is 0 Å². The molecule has 7 heteroatoms. The molecule has 0 aliphatic heterocycles. The van der Waals surface area contributed by atoms with E-state index in [0.717, 1.165) is 38.7 Å². The molecule has 2 heterocycles. The lowest BCUT2D eigenvalue weighted by atomic mass is 10.1. The molecule has 0 saturated carbocycles. The van der Waals surface area contributed by atoms with Crippen LogP contribution in [0.1, 0.15) is 41.2 Å². The Kier molecular flexibility index (Phi) is 7.30. The second-order valence-electron chi connectivity index (χ2n) is 8.05. The number of aromatic nitrogens is 4. The molecule has 0 spiro atoms. The van der Waals surface area contributed by atoms with E-state index in [1.54, 1.807) is 23.1 Å². The van der Waals surface area contributed by atoms with Crippen LogP contribution in [0.3, 0.4) is 0 Å². The first kappa shape index (κ1) is 23.3. The van der Waals surface area contributed by atoms with Crippen molar-refractivity contribution in [2.45, 2.75) is 51.3 Å². The maximum Gasteiger partial charge on any atom is 0.192 e. The predicted molar refractivity (Wildman–Crippen MR) is 137 cm³/mol. The van der Waals surface area contributed by atoms with E-state index in [-0.39, 0.29) is 6.10 Å². The van der Waals surface area contributed by atoms with E-state index in [1.807, 2.05) is 19.1 Å². The van der Waals surface area contributed by atoms with Gasteiger partial charge in [-0.05, 0) is 57.0 Å². The second-order valence-corrected chi connectivity index (χ2v) is 9.85. The quantitative estimate of drug-likeness (QED) is 0.193. The van der Waals surface area contributed by atoms with E-state index in [9.17, 15) is 0 Å². The van der Waals surface area contributed by atoms with E-state index in [4.69, 9.17) is 9.72 Å². The van der Waals surface area contributed by atoms with Crippen LogP contribution in [0.4, 0.5) is 0 Å². The van der Waals surface area contributed by atoms with Crippen LogP contribution in [0.2, 0.25) is 0 Å². The average Bonchev–Trinajstić information content (AvgIpc) is 3.42. The molecule has 0 saturated heterocycles. The van der Waals surface area contributed by atoms with Crippen molar-refractivity contribution in [3.8, 4) is 16.3 Å². The lowest BCUT2D eigenvalue weighted by Crippen LogP contribution is -2.12. The zero-order valence-corrected chi connectivity index (χ0v) is 21.0. The molecular weight excluding hydrogens is 448 g/mol. The Morgan fingerprint density at radius 2 is 1.97 bits per heavy atom. The van der Waals surface area contributed by atoms with Gasteiger partial charge in [-0.3, -0.25) is 4.57 Å². The van der Waals surface area contributed by atoms with Crippen molar-refractivity contribution >= 4 is 23.1 Å². The SMILES string of the molecule is C=CCn1c(SCc2csc(-c3cccc(C)c3)n2)nnc1C(C)Oc1ccc(C)c(C)c1. The van der Waals surface area contributed by atoms with Gasteiger partial charge in [-0.25, -0.2) is 4.98 Å². The van der Waals surface area contributed by atoms with Crippen LogP contribution in [-0.4, -0.2) is 19.7 Å². The fourth-order valence-corrected chi connectivity index (χ4v) is 5.24. The zero-order chi connectivity index (χ0) is 23.4. The average molecular weight is 477 g/mol. The molecule has 2 aromatic heterocycles. The number of benzene rings is 2. The Bertz CT molecular complexity index is 1260. The highest BCUT2D eigenvalue weighted by molar-refractivity contribution is 7.98. The number of nitrogens with zero attached hydrogens (tertiary/aromatic N) is 4. The van der Waals surface area contributed by atoms with Crippen LogP contribution >= 0.6 is 23.1 Å². The summed E-state index contributed by atoms with van der Waals surface area (Å²) in [6, 6.07) is 14.6. The van der Waals surface area contributed by atoms with Gasteiger partial charge < -0.3 is 4.74 Å². The van der Waals surface area contributed by atoms with Crippen molar-refractivity contribution in [2.75, 3.05) is 0 Å². The Balaban J connectivity index is 1.47. The Hall–Kier alpha value is -2.90. The van der Waals surface area contributed by atoms with E-state index in [2.05, 4.69) is 83.9 Å². The van der Waals surface area contributed by atoms with Crippen LogP contribution < -0.4 is 4.74 Å². The fraction of sp³-hybridized carbons (Fsp3) is 0.269. The molecule has 170 valence electrons. The van der Waals surface area contributed by atoms with Crippen LogP contribution in [0, 0.1) is 20.8 Å². The summed E-state index contributed by atoms with van der Waals surface area (Å²) in [5, 5.41) is 12.9. The third-order valence-electron chi connectivity index (χ3n) is 5.38. The normalized spacial score (nSPS) is 12.0.